The highest BCUT2D eigenvalue weighted by atomic mass is 16.8. The Hall–Kier alpha value is -1.91. The molecule has 2 N–H and O–H groups in total. The Labute approximate surface area is 302 Å². The van der Waals surface area contributed by atoms with Crippen LogP contribution in [-0.4, -0.2) is 122 Å². The molecule has 0 bridgehead atoms. The molecule has 4 heterocycles. The molecule has 294 valence electrons. The number of cyclic esters (lactones) is 1. The van der Waals surface area contributed by atoms with E-state index in [1.165, 1.54) is 14.2 Å². The summed E-state index contributed by atoms with van der Waals surface area (Å²) < 4.78 is 53.3. The molecule has 4 fully saturated rings. The highest BCUT2D eigenvalue weighted by Crippen LogP contribution is 2.41. The minimum absolute atomic E-state index is 0.0532. The highest BCUT2D eigenvalue weighted by Gasteiger charge is 2.56. The van der Waals surface area contributed by atoms with E-state index in [0.29, 0.717) is 12.8 Å². The fourth-order valence-electron chi connectivity index (χ4n) is 8.59. The van der Waals surface area contributed by atoms with Crippen molar-refractivity contribution in [2.45, 2.75) is 161 Å². The maximum absolute atomic E-state index is 14.2. The molecule has 0 radical (unpaired) electrons. The largest absolute Gasteiger partial charge is 0.509 e. The zero-order chi connectivity index (χ0) is 37.9. The van der Waals surface area contributed by atoms with E-state index in [-0.39, 0.29) is 48.9 Å². The van der Waals surface area contributed by atoms with Crippen LogP contribution in [-0.2, 0) is 52.2 Å². The van der Waals surface area contributed by atoms with Crippen LogP contribution in [0.15, 0.2) is 0 Å². The lowest BCUT2D eigenvalue weighted by molar-refractivity contribution is -0.305. The third-order valence-corrected chi connectivity index (χ3v) is 11.4. The zero-order valence-electron chi connectivity index (χ0n) is 32.1. The van der Waals surface area contributed by atoms with Gasteiger partial charge in [-0.1, -0.05) is 34.6 Å². The van der Waals surface area contributed by atoms with E-state index in [1.54, 1.807) is 34.6 Å². The van der Waals surface area contributed by atoms with Crippen molar-refractivity contribution in [3.63, 3.8) is 0 Å². The van der Waals surface area contributed by atoms with Crippen molar-refractivity contribution in [2.24, 2.45) is 35.5 Å². The van der Waals surface area contributed by atoms with Crippen LogP contribution in [0.2, 0.25) is 0 Å². The first-order valence-corrected chi connectivity index (χ1v) is 18.5. The van der Waals surface area contributed by atoms with Crippen molar-refractivity contribution in [3.05, 3.63) is 0 Å². The summed E-state index contributed by atoms with van der Waals surface area (Å²) in [5.41, 5.74) is -0.957. The summed E-state index contributed by atoms with van der Waals surface area (Å²) in [5, 5.41) is 21.6. The van der Waals surface area contributed by atoms with Crippen LogP contribution in [0.3, 0.4) is 0 Å². The number of fused-ring (bicyclic) bond motifs is 1. The molecule has 18 atom stereocenters. The lowest BCUT2D eigenvalue weighted by atomic mass is 9.80. The van der Waals surface area contributed by atoms with Gasteiger partial charge in [0.1, 0.15) is 30.5 Å². The molecule has 0 amide bonds. The average molecular weight is 731 g/mol. The number of carbonyl (C=O) groups is 3. The van der Waals surface area contributed by atoms with Crippen molar-refractivity contribution in [2.75, 3.05) is 20.8 Å². The molecule has 14 nitrogen and oxygen atoms in total. The number of methoxy groups -OCH3 is 2. The van der Waals surface area contributed by atoms with Crippen LogP contribution in [0.5, 0.6) is 0 Å². The topological polar surface area (TPSA) is 175 Å². The molecule has 4 rings (SSSR count). The summed E-state index contributed by atoms with van der Waals surface area (Å²) in [5.74, 6) is -2.85. The molecule has 0 aromatic rings. The predicted molar refractivity (Wildman–Crippen MR) is 181 cm³/mol. The van der Waals surface area contributed by atoms with Crippen molar-refractivity contribution < 1.29 is 67.2 Å². The summed E-state index contributed by atoms with van der Waals surface area (Å²) >= 11 is 0. The number of hydrogen-bond acceptors (Lipinski definition) is 14. The quantitative estimate of drug-likeness (QED) is 0.345. The molecule has 4 aliphatic heterocycles. The number of Topliss-reactive ketones (excluding diaryl/α,β-unsaturated/α-hetero) is 1. The van der Waals surface area contributed by atoms with Gasteiger partial charge in [0.2, 0.25) is 0 Å². The van der Waals surface area contributed by atoms with Gasteiger partial charge < -0.3 is 52.8 Å². The fourth-order valence-corrected chi connectivity index (χ4v) is 8.59. The third kappa shape index (κ3) is 9.61. The van der Waals surface area contributed by atoms with E-state index in [0.717, 1.165) is 0 Å². The van der Waals surface area contributed by atoms with E-state index in [4.69, 9.17) is 42.6 Å². The highest BCUT2D eigenvalue weighted by molar-refractivity contribution is 5.84. The summed E-state index contributed by atoms with van der Waals surface area (Å²) in [6, 6.07) is 0. The van der Waals surface area contributed by atoms with E-state index < -0.39 is 97.1 Å². The van der Waals surface area contributed by atoms with Gasteiger partial charge in [-0.3, -0.25) is 9.59 Å². The third-order valence-electron chi connectivity index (χ3n) is 11.4. The number of carbonyl (C=O) groups excluding carboxylic acids is 3. The number of ketones is 1. The monoisotopic (exact) mass is 730 g/mol. The number of aliphatic hydroxyl groups excluding tert-OH is 2. The van der Waals surface area contributed by atoms with Crippen LogP contribution in [0.25, 0.3) is 0 Å². The summed E-state index contributed by atoms with van der Waals surface area (Å²) in [4.78, 5) is 39.6. The Morgan fingerprint density at radius 1 is 0.843 bits per heavy atom. The van der Waals surface area contributed by atoms with Gasteiger partial charge in [0, 0.05) is 32.5 Å². The molecule has 0 aliphatic carbocycles. The van der Waals surface area contributed by atoms with Crippen molar-refractivity contribution >= 4 is 17.9 Å². The molecule has 0 unspecified atom stereocenters. The van der Waals surface area contributed by atoms with Gasteiger partial charge in [0.25, 0.3) is 0 Å². The minimum Gasteiger partial charge on any atom is -0.461 e. The van der Waals surface area contributed by atoms with Gasteiger partial charge in [-0.2, -0.15) is 0 Å². The van der Waals surface area contributed by atoms with Gasteiger partial charge in [-0.15, -0.1) is 0 Å². The van der Waals surface area contributed by atoms with Crippen molar-refractivity contribution in [3.8, 4) is 0 Å². The van der Waals surface area contributed by atoms with Gasteiger partial charge in [0.05, 0.1) is 30.8 Å². The Morgan fingerprint density at radius 2 is 1.51 bits per heavy atom. The second-order valence-corrected chi connectivity index (χ2v) is 16.0. The Bertz CT molecular complexity index is 1180. The molecule has 14 heteroatoms. The smallest absolute Gasteiger partial charge is 0.461 e. The number of esters is 1. The molecule has 0 saturated carbocycles. The summed E-state index contributed by atoms with van der Waals surface area (Å²) in [6.45, 7) is 16.8. The maximum atomic E-state index is 14.2. The Kier molecular flexibility index (Phi) is 14.3. The van der Waals surface area contributed by atoms with E-state index in [1.807, 2.05) is 27.7 Å². The van der Waals surface area contributed by atoms with Crippen molar-refractivity contribution in [1.29, 1.82) is 0 Å². The van der Waals surface area contributed by atoms with Crippen LogP contribution in [0.1, 0.15) is 88.0 Å². The minimum atomic E-state index is -1.13. The average Bonchev–Trinajstić information content (AvgIpc) is 3.38. The molecule has 51 heavy (non-hydrogen) atoms. The maximum Gasteiger partial charge on any atom is 0.509 e. The van der Waals surface area contributed by atoms with E-state index in [2.05, 4.69) is 0 Å². The van der Waals surface area contributed by atoms with E-state index in [9.17, 15) is 24.6 Å². The van der Waals surface area contributed by atoms with Crippen LogP contribution in [0, 0.1) is 35.5 Å². The first-order chi connectivity index (χ1) is 23.9. The molecule has 0 aromatic heterocycles. The van der Waals surface area contributed by atoms with Crippen LogP contribution >= 0.6 is 0 Å². The van der Waals surface area contributed by atoms with Gasteiger partial charge in [-0.05, 0) is 64.7 Å². The summed E-state index contributed by atoms with van der Waals surface area (Å²) in [6.07, 6.45) is -7.46. The molecule has 4 saturated heterocycles. The van der Waals surface area contributed by atoms with Gasteiger partial charge >= 0.3 is 12.1 Å². The molecular weight excluding hydrogens is 668 g/mol. The lowest BCUT2D eigenvalue weighted by Crippen LogP contribution is -2.59. The Balaban J connectivity index is 1.57. The first-order valence-electron chi connectivity index (χ1n) is 18.5. The zero-order valence-corrected chi connectivity index (χ0v) is 32.1. The Morgan fingerprint density at radius 3 is 2.16 bits per heavy atom. The second-order valence-electron chi connectivity index (χ2n) is 16.0. The predicted octanol–water partition coefficient (Wildman–Crippen LogP) is 3.80. The van der Waals surface area contributed by atoms with Gasteiger partial charge in [0.15, 0.2) is 30.1 Å². The van der Waals surface area contributed by atoms with E-state index >= 15 is 0 Å². The van der Waals surface area contributed by atoms with Crippen molar-refractivity contribution in [1.82, 2.24) is 0 Å². The standard InChI is InChI=1S/C37H62O14/c1-17-12-19(3)30(48-26-15-37(9)33(24(8)46-26)50-36(42)51-37)22(6)34(41)49-29(20(4)14-18(2)27(39)25(38)13-17)21(5)16-45-35-32(44-11)31(43-10)28(40)23(7)47-35/h17-26,28-33,35,38,40H,12-16H2,1-11H3/t17-,18-,19-,20-,21+,22-,23-,24+,25+,26+,28-,29+,30+,31-,32-,33+,35-,37-/m1/s1. The molecule has 4 aliphatic rings. The normalized spacial score (nSPS) is 46.6. The lowest BCUT2D eigenvalue weighted by Gasteiger charge is -2.43. The molecular formula is C37H62O14. The van der Waals surface area contributed by atoms with Crippen LogP contribution < -0.4 is 0 Å². The number of aliphatic hydroxyl groups is 2. The second kappa shape index (κ2) is 17.5. The summed E-state index contributed by atoms with van der Waals surface area (Å²) in [7, 11) is 2.98. The molecule has 0 spiro atoms. The SMILES string of the molecule is CO[C@@H]1[C@H](O)[C@@H](C)O[C@@H](OC[C@H](C)[C@H]2OC(=O)[C@H](C)[C@@H](O[C@H]3C[C@@]4(C)OC(=O)O[C@H]4[C@H](C)O3)[C@H](C)C[C@@H](C)C[C@H](O)C(=O)[C@H](C)C[C@H]2C)[C@@H]1OC. The van der Waals surface area contributed by atoms with Gasteiger partial charge in [-0.25, -0.2) is 4.79 Å². The van der Waals surface area contributed by atoms with Crippen LogP contribution in [0.4, 0.5) is 4.79 Å². The molecule has 0 aromatic carbocycles. The number of rotatable bonds is 8. The number of ether oxygens (including phenoxy) is 9. The fraction of sp³-hybridized carbons (Fsp3) is 0.919. The first kappa shape index (κ1) is 41.8. The number of hydrogen-bond donors (Lipinski definition) is 2.